The number of likely N-dealkylation sites (N-methyl/N-ethyl adjacent to an activating group) is 1. The van der Waals surface area contributed by atoms with Gasteiger partial charge in [0.25, 0.3) is 0 Å². The van der Waals surface area contributed by atoms with Gasteiger partial charge in [0.05, 0.1) is 11.0 Å². The second kappa shape index (κ2) is 7.09. The molecule has 0 aliphatic heterocycles. The van der Waals surface area contributed by atoms with E-state index in [4.69, 9.17) is 22.7 Å². The maximum atomic E-state index is 12.0. The molecule has 1 aromatic rings. The zero-order chi connectivity index (χ0) is 14.4. The minimum atomic E-state index is -0.421. The molecule has 0 radical (unpaired) electrons. The molecule has 0 saturated heterocycles. The minimum Gasteiger partial charge on any atom is -0.445 e. The highest BCUT2D eigenvalue weighted by Gasteiger charge is 2.26. The van der Waals surface area contributed by atoms with E-state index in [9.17, 15) is 4.79 Å². The predicted octanol–water partition coefficient (Wildman–Crippen LogP) is 2.57. The molecule has 104 valence electrons. The van der Waals surface area contributed by atoms with Gasteiger partial charge in [-0.1, -0.05) is 56.4 Å². The Hall–Kier alpha value is -1.62. The van der Waals surface area contributed by atoms with E-state index in [1.165, 1.54) is 4.90 Å². The average molecular weight is 280 g/mol. The highest BCUT2D eigenvalue weighted by atomic mass is 32.1. The SMILES string of the molecule is CC(C)C(C(N)=S)N(C)C(=O)OCc1ccccc1. The highest BCUT2D eigenvalue weighted by molar-refractivity contribution is 7.80. The summed E-state index contributed by atoms with van der Waals surface area (Å²) in [6.07, 6.45) is -0.421. The van der Waals surface area contributed by atoms with E-state index in [1.54, 1.807) is 7.05 Å². The van der Waals surface area contributed by atoms with E-state index in [0.717, 1.165) is 5.56 Å². The fraction of sp³-hybridized carbons (Fsp3) is 0.429. The summed E-state index contributed by atoms with van der Waals surface area (Å²) in [7, 11) is 1.65. The molecule has 0 heterocycles. The van der Waals surface area contributed by atoms with Gasteiger partial charge >= 0.3 is 6.09 Å². The number of carbonyl (C=O) groups is 1. The lowest BCUT2D eigenvalue weighted by Crippen LogP contribution is -2.48. The van der Waals surface area contributed by atoms with Crippen LogP contribution in [-0.2, 0) is 11.3 Å². The summed E-state index contributed by atoms with van der Waals surface area (Å²) in [5.74, 6) is 0.145. The summed E-state index contributed by atoms with van der Waals surface area (Å²) >= 11 is 4.99. The molecule has 0 fully saturated rings. The third kappa shape index (κ3) is 4.52. The Labute approximate surface area is 119 Å². The van der Waals surface area contributed by atoms with Crippen LogP contribution in [0.5, 0.6) is 0 Å². The zero-order valence-electron chi connectivity index (χ0n) is 11.5. The van der Waals surface area contributed by atoms with Gasteiger partial charge in [-0.3, -0.25) is 0 Å². The van der Waals surface area contributed by atoms with Crippen LogP contribution in [0.3, 0.4) is 0 Å². The van der Waals surface area contributed by atoms with Crippen LogP contribution in [0.4, 0.5) is 4.79 Å². The van der Waals surface area contributed by atoms with Crippen molar-refractivity contribution in [3.05, 3.63) is 35.9 Å². The first-order valence-electron chi connectivity index (χ1n) is 6.16. The van der Waals surface area contributed by atoms with Crippen molar-refractivity contribution in [1.29, 1.82) is 0 Å². The van der Waals surface area contributed by atoms with Crippen molar-refractivity contribution in [3.63, 3.8) is 0 Å². The van der Waals surface area contributed by atoms with Gasteiger partial charge < -0.3 is 15.4 Å². The third-order valence-electron chi connectivity index (χ3n) is 2.83. The Bertz CT molecular complexity index is 434. The number of amides is 1. The highest BCUT2D eigenvalue weighted by Crippen LogP contribution is 2.12. The Morgan fingerprint density at radius 3 is 2.42 bits per heavy atom. The molecule has 1 aromatic carbocycles. The first-order valence-corrected chi connectivity index (χ1v) is 6.57. The van der Waals surface area contributed by atoms with Gasteiger partial charge in [0.15, 0.2) is 0 Å². The van der Waals surface area contributed by atoms with Gasteiger partial charge in [0.2, 0.25) is 0 Å². The molecule has 0 saturated carbocycles. The summed E-state index contributed by atoms with van der Waals surface area (Å²) in [5.41, 5.74) is 6.61. The van der Waals surface area contributed by atoms with Crippen molar-refractivity contribution in [1.82, 2.24) is 4.90 Å². The molecule has 0 aliphatic carbocycles. The second-order valence-corrected chi connectivity index (χ2v) is 5.21. The maximum absolute atomic E-state index is 12.0. The Kier molecular flexibility index (Phi) is 5.76. The minimum absolute atomic E-state index is 0.145. The van der Waals surface area contributed by atoms with Gasteiger partial charge in [0.1, 0.15) is 6.61 Å². The van der Waals surface area contributed by atoms with E-state index in [0.29, 0.717) is 4.99 Å². The fourth-order valence-electron chi connectivity index (χ4n) is 1.90. The van der Waals surface area contributed by atoms with Crippen LogP contribution in [0, 0.1) is 5.92 Å². The van der Waals surface area contributed by atoms with Crippen molar-refractivity contribution >= 4 is 23.3 Å². The van der Waals surface area contributed by atoms with Crippen molar-refractivity contribution in [2.45, 2.75) is 26.5 Å². The normalized spacial score (nSPS) is 12.0. The smallest absolute Gasteiger partial charge is 0.410 e. The fourth-order valence-corrected chi connectivity index (χ4v) is 2.33. The van der Waals surface area contributed by atoms with E-state index in [2.05, 4.69) is 0 Å². The molecule has 0 aliphatic rings. The number of nitrogens with zero attached hydrogens (tertiary/aromatic N) is 1. The molecule has 19 heavy (non-hydrogen) atoms. The first kappa shape index (κ1) is 15.4. The maximum Gasteiger partial charge on any atom is 0.410 e. The van der Waals surface area contributed by atoms with Gasteiger partial charge in [-0.2, -0.15) is 0 Å². The number of ether oxygens (including phenoxy) is 1. The number of hydrogen-bond donors (Lipinski definition) is 1. The summed E-state index contributed by atoms with van der Waals surface area (Å²) in [5, 5.41) is 0. The molecule has 1 unspecified atom stereocenters. The van der Waals surface area contributed by atoms with Crippen LogP contribution in [0.15, 0.2) is 30.3 Å². The monoisotopic (exact) mass is 280 g/mol. The van der Waals surface area contributed by atoms with Crippen LogP contribution >= 0.6 is 12.2 Å². The quantitative estimate of drug-likeness (QED) is 0.842. The molecular formula is C14H20N2O2S. The standard InChI is InChI=1S/C14H20N2O2S/c1-10(2)12(13(15)19)16(3)14(17)18-9-11-7-5-4-6-8-11/h4-8,10,12H,9H2,1-3H3,(H2,15,19). The molecule has 5 heteroatoms. The van der Waals surface area contributed by atoms with Crippen LogP contribution in [-0.4, -0.2) is 29.1 Å². The molecule has 2 N–H and O–H groups in total. The summed E-state index contributed by atoms with van der Waals surface area (Å²) in [6.45, 7) is 4.17. The lowest BCUT2D eigenvalue weighted by molar-refractivity contribution is 0.0937. The van der Waals surface area contributed by atoms with Crippen molar-refractivity contribution < 1.29 is 9.53 Å². The molecular weight excluding hydrogens is 260 g/mol. The van der Waals surface area contributed by atoms with Crippen LogP contribution < -0.4 is 5.73 Å². The summed E-state index contributed by atoms with van der Waals surface area (Å²) in [4.78, 5) is 13.7. The predicted molar refractivity (Wildman–Crippen MR) is 79.8 cm³/mol. The number of carbonyl (C=O) groups excluding carboxylic acids is 1. The Morgan fingerprint density at radius 2 is 1.95 bits per heavy atom. The van der Waals surface area contributed by atoms with Crippen molar-refractivity contribution in [2.24, 2.45) is 11.7 Å². The van der Waals surface area contributed by atoms with Crippen LogP contribution in [0.25, 0.3) is 0 Å². The Balaban J connectivity index is 2.59. The van der Waals surface area contributed by atoms with Gasteiger partial charge in [-0.05, 0) is 11.5 Å². The lowest BCUT2D eigenvalue weighted by Gasteiger charge is -2.29. The lowest BCUT2D eigenvalue weighted by atomic mass is 10.0. The molecule has 1 amide bonds. The molecule has 1 atom stereocenters. The molecule has 0 bridgehead atoms. The van der Waals surface area contributed by atoms with E-state index in [1.807, 2.05) is 44.2 Å². The molecule has 4 nitrogen and oxygen atoms in total. The molecule has 0 aromatic heterocycles. The second-order valence-electron chi connectivity index (χ2n) is 4.74. The van der Waals surface area contributed by atoms with Crippen molar-refractivity contribution in [2.75, 3.05) is 7.05 Å². The average Bonchev–Trinajstić information content (AvgIpc) is 2.36. The van der Waals surface area contributed by atoms with Crippen LogP contribution in [0.2, 0.25) is 0 Å². The number of nitrogens with two attached hydrogens (primary N) is 1. The van der Waals surface area contributed by atoms with E-state index < -0.39 is 6.09 Å². The van der Waals surface area contributed by atoms with E-state index in [-0.39, 0.29) is 18.6 Å². The van der Waals surface area contributed by atoms with Gasteiger partial charge in [0, 0.05) is 7.05 Å². The molecule has 1 rings (SSSR count). The number of benzene rings is 1. The summed E-state index contributed by atoms with van der Waals surface area (Å²) < 4.78 is 5.24. The molecule has 0 spiro atoms. The Morgan fingerprint density at radius 1 is 1.37 bits per heavy atom. The number of thiocarbonyl (C=S) groups is 1. The van der Waals surface area contributed by atoms with Gasteiger partial charge in [-0.25, -0.2) is 4.79 Å². The topological polar surface area (TPSA) is 55.6 Å². The van der Waals surface area contributed by atoms with Crippen molar-refractivity contribution in [3.8, 4) is 0 Å². The van der Waals surface area contributed by atoms with Crippen LogP contribution in [0.1, 0.15) is 19.4 Å². The number of hydrogen-bond acceptors (Lipinski definition) is 3. The third-order valence-corrected chi connectivity index (χ3v) is 3.07. The first-order chi connectivity index (χ1) is 8.93. The zero-order valence-corrected chi connectivity index (χ0v) is 12.3. The largest absolute Gasteiger partial charge is 0.445 e. The number of rotatable bonds is 5. The van der Waals surface area contributed by atoms with E-state index >= 15 is 0 Å². The summed E-state index contributed by atoms with van der Waals surface area (Å²) in [6, 6.07) is 9.23. The van der Waals surface area contributed by atoms with Gasteiger partial charge in [-0.15, -0.1) is 0 Å².